The number of halogens is 15. The minimum absolute atomic E-state index is 0. The van der Waals surface area contributed by atoms with Crippen LogP contribution in [0.25, 0.3) is 0 Å². The topological polar surface area (TPSA) is 40.2 Å². The van der Waals surface area contributed by atoms with E-state index < -0.39 is 33.8 Å². The maximum atomic E-state index is 8.00. The Kier molecular flexibility index (Phi) is 43.9. The van der Waals surface area contributed by atoms with Gasteiger partial charge in [-0.1, -0.05) is 0 Å². The van der Waals surface area contributed by atoms with E-state index in [9.17, 15) is 0 Å². The summed E-state index contributed by atoms with van der Waals surface area (Å²) in [6.07, 6.45) is 6.18. The molecule has 0 aromatic heterocycles. The van der Waals surface area contributed by atoms with Gasteiger partial charge in [-0.2, -0.15) is 0 Å². The highest BCUT2D eigenvalue weighted by Crippen LogP contribution is 2.42. The fraction of sp³-hybridized carbons (Fsp3) is 1.00. The first-order valence-electron chi connectivity index (χ1n) is 10.9. The molecule has 0 spiro atoms. The molecule has 1 aliphatic heterocycles. The Balaban J connectivity index is -0.000000127. The van der Waals surface area contributed by atoms with E-state index >= 15 is 0 Å². The van der Waals surface area contributed by atoms with E-state index in [-0.39, 0.29) is 4.70 Å². The standard InChI is InChI=1S/C17H40O4Si4.7F2.FH/c1-22(2,3)19-24(7,8)21-25(9,20-23(4,5)6)13-12-15-10-11-16-17(14-15)18-16;7*1-2;/h15-17H,10-14H2,1-9H3;;;;;;;;1H. The molecule has 2 fully saturated rings. The third-order valence-corrected chi connectivity index (χ3v) is 18.1. The molecule has 0 aromatic carbocycles. The van der Waals surface area contributed by atoms with Gasteiger partial charge in [0.05, 0.1) is 12.2 Å². The van der Waals surface area contributed by atoms with E-state index in [0.29, 0.717) is 12.2 Å². The zero-order chi connectivity index (χ0) is 33.1. The molecule has 23 heteroatoms. The zero-order valence-corrected chi connectivity index (χ0v) is 27.6. The molecule has 0 amide bonds. The van der Waals surface area contributed by atoms with Gasteiger partial charge in [-0.3, -0.25) is 4.70 Å². The Morgan fingerprint density at radius 3 is 1.25 bits per heavy atom. The predicted molar refractivity (Wildman–Crippen MR) is 132 cm³/mol. The van der Waals surface area contributed by atoms with Gasteiger partial charge < -0.3 is 17.1 Å². The Bertz CT molecular complexity index is 499. The molecule has 0 aromatic rings. The van der Waals surface area contributed by atoms with Crippen molar-refractivity contribution in [2.24, 2.45) is 5.92 Å². The molecule has 1 saturated heterocycles. The highest BCUT2D eigenvalue weighted by atomic mass is 28.5. The lowest BCUT2D eigenvalue weighted by Crippen LogP contribution is -2.56. The average Bonchev–Trinajstić information content (AvgIpc) is 3.67. The summed E-state index contributed by atoms with van der Waals surface area (Å²) in [5.41, 5.74) is 0. The SMILES string of the molecule is C[Si](C)(C)O[Si](C)(C)O[Si](C)(CCC1CCC2OC2C1)O[Si](C)(C)C.F.FF.FF.FF.FF.FF.FF.FF. The molecule has 1 saturated carbocycles. The lowest BCUT2D eigenvalue weighted by molar-refractivity contribution is 0.108. The Labute approximate surface area is 228 Å². The lowest BCUT2D eigenvalue weighted by Gasteiger charge is -2.41. The Morgan fingerprint density at radius 1 is 0.550 bits per heavy atom. The van der Waals surface area contributed by atoms with E-state index in [2.05, 4.69) is 58.9 Å². The number of ether oxygens (including phenoxy) is 1. The van der Waals surface area contributed by atoms with Gasteiger partial charge in [-0.15, -0.1) is 0 Å². The molecule has 4 unspecified atom stereocenters. The fourth-order valence-electron chi connectivity index (χ4n) is 4.26. The van der Waals surface area contributed by atoms with Crippen molar-refractivity contribution < 1.29 is 85.8 Å². The molecule has 2 aliphatic rings. The summed E-state index contributed by atoms with van der Waals surface area (Å²) in [4.78, 5) is 0. The van der Waals surface area contributed by atoms with Crippen molar-refractivity contribution in [1.82, 2.24) is 0 Å². The average molecular weight is 707 g/mol. The molecular formula is C17H41F15O4Si4. The number of hydrogen-bond acceptors (Lipinski definition) is 4. The molecule has 0 N–H and O–H groups in total. The van der Waals surface area contributed by atoms with Crippen LogP contribution in [-0.2, 0) is 17.1 Å². The van der Waals surface area contributed by atoms with Crippen LogP contribution < -0.4 is 0 Å². The third kappa shape index (κ3) is 33.9. The summed E-state index contributed by atoms with van der Waals surface area (Å²) in [5.74, 6) is 0.784. The normalized spacial score (nSPS) is 19.7. The van der Waals surface area contributed by atoms with E-state index in [1.54, 1.807) is 0 Å². The third-order valence-electron chi connectivity index (χ3n) is 4.66. The minimum Gasteiger partial charge on any atom is -0.437 e. The Hall–Kier alpha value is -0.342. The monoisotopic (exact) mass is 706 g/mol. The van der Waals surface area contributed by atoms with E-state index in [1.807, 2.05) is 0 Å². The van der Waals surface area contributed by atoms with Gasteiger partial charge in [0.25, 0.3) is 0 Å². The van der Waals surface area contributed by atoms with Crippen molar-refractivity contribution in [3.8, 4) is 0 Å². The zero-order valence-electron chi connectivity index (χ0n) is 23.6. The maximum absolute atomic E-state index is 8.00. The number of fused-ring (bicyclic) bond motifs is 1. The number of epoxide rings is 1. The van der Waals surface area contributed by atoms with E-state index in [4.69, 9.17) is 81.1 Å². The molecular weight excluding hydrogens is 665 g/mol. The molecule has 4 atom stereocenters. The van der Waals surface area contributed by atoms with Crippen LogP contribution in [0.2, 0.25) is 65.0 Å². The van der Waals surface area contributed by atoms with Crippen LogP contribution >= 0.6 is 0 Å². The molecule has 40 heavy (non-hydrogen) atoms. The first kappa shape index (κ1) is 55.6. The number of rotatable bonds is 9. The second-order valence-corrected chi connectivity index (χ2v) is 27.0. The smallest absolute Gasteiger partial charge is 0.315 e. The highest BCUT2D eigenvalue weighted by molar-refractivity contribution is 6.89. The van der Waals surface area contributed by atoms with Crippen LogP contribution in [0, 0.1) is 5.92 Å². The van der Waals surface area contributed by atoms with Gasteiger partial charge in [-0.05, 0) is 96.6 Å². The predicted octanol–water partition coefficient (Wildman–Crippen LogP) is 11.5. The van der Waals surface area contributed by atoms with Crippen LogP contribution in [0.1, 0.15) is 25.7 Å². The summed E-state index contributed by atoms with van der Waals surface area (Å²) in [6, 6.07) is 1.09. The summed E-state index contributed by atoms with van der Waals surface area (Å²) in [7, 11) is -7.67. The van der Waals surface area contributed by atoms with Crippen LogP contribution in [0.3, 0.4) is 0 Å². The van der Waals surface area contributed by atoms with Gasteiger partial charge in [0.1, 0.15) is 0 Å². The summed E-state index contributed by atoms with van der Waals surface area (Å²) in [5, 5.41) is 0. The van der Waals surface area contributed by atoms with Crippen molar-refractivity contribution in [3.63, 3.8) is 0 Å². The second kappa shape index (κ2) is 31.6. The second-order valence-electron chi connectivity index (χ2n) is 10.5. The van der Waals surface area contributed by atoms with Gasteiger partial charge in [0.15, 0.2) is 16.6 Å². The first-order valence-corrected chi connectivity index (χ1v) is 23.1. The van der Waals surface area contributed by atoms with Crippen LogP contribution in [-0.4, -0.2) is 46.0 Å². The fourth-order valence-corrected chi connectivity index (χ4v) is 22.3. The van der Waals surface area contributed by atoms with Crippen molar-refractivity contribution in [1.29, 1.82) is 0 Å². The van der Waals surface area contributed by atoms with Crippen LogP contribution in [0.4, 0.5) is 68.7 Å². The van der Waals surface area contributed by atoms with E-state index in [1.165, 1.54) is 25.7 Å². The molecule has 2 rings (SSSR count). The molecule has 4 nitrogen and oxygen atoms in total. The van der Waals surface area contributed by atoms with E-state index in [0.717, 1.165) is 12.0 Å². The van der Waals surface area contributed by atoms with Crippen molar-refractivity contribution in [2.45, 2.75) is 103 Å². The largest absolute Gasteiger partial charge is 0.437 e. The minimum atomic E-state index is -2.23. The van der Waals surface area contributed by atoms with Crippen molar-refractivity contribution >= 4 is 33.8 Å². The molecule has 1 heterocycles. The first-order chi connectivity index (χ1) is 18.2. The van der Waals surface area contributed by atoms with Gasteiger partial charge in [-0.25, -0.2) is 0 Å². The quantitative estimate of drug-likeness (QED) is 0.136. The van der Waals surface area contributed by atoms with Gasteiger partial charge in [0, 0.05) is 64.0 Å². The molecule has 254 valence electrons. The molecule has 0 bridgehead atoms. The molecule has 1 aliphatic carbocycles. The lowest BCUT2D eigenvalue weighted by atomic mass is 9.88. The maximum Gasteiger partial charge on any atom is 0.315 e. The van der Waals surface area contributed by atoms with Gasteiger partial charge >= 0.3 is 17.1 Å². The van der Waals surface area contributed by atoms with Crippen molar-refractivity contribution in [2.75, 3.05) is 0 Å². The summed E-state index contributed by atoms with van der Waals surface area (Å²) >= 11 is 0. The van der Waals surface area contributed by atoms with Gasteiger partial charge in [0.2, 0.25) is 0 Å². The summed E-state index contributed by atoms with van der Waals surface area (Å²) in [6.45, 7) is 20.3. The van der Waals surface area contributed by atoms with Crippen molar-refractivity contribution in [3.05, 3.63) is 0 Å². The Morgan fingerprint density at radius 2 is 0.925 bits per heavy atom. The van der Waals surface area contributed by atoms with Crippen LogP contribution in [0.5, 0.6) is 0 Å². The van der Waals surface area contributed by atoms with Crippen LogP contribution in [0.15, 0.2) is 0 Å². The summed E-state index contributed by atoms with van der Waals surface area (Å²) < 4.78 is 138. The highest BCUT2D eigenvalue weighted by Gasteiger charge is 2.47. The molecule has 0 radical (unpaired) electrons. The number of hydrogen-bond donors (Lipinski definition) is 0.